The molecule has 2 aromatic rings. The summed E-state index contributed by atoms with van der Waals surface area (Å²) in [6.45, 7) is 3.54. The minimum atomic E-state index is -3.78. The number of hydrazone groups is 1. The van der Waals surface area contributed by atoms with Gasteiger partial charge in [0.25, 0.3) is 10.0 Å². The average molecular weight is 378 g/mol. The Bertz CT molecular complexity index is 881. The van der Waals surface area contributed by atoms with Gasteiger partial charge < -0.3 is 14.2 Å². The Balaban J connectivity index is 2.39. The van der Waals surface area contributed by atoms with Crippen molar-refractivity contribution in [3.05, 3.63) is 47.5 Å². The molecule has 2 rings (SSSR count). The number of nitrogens with zero attached hydrogens (tertiary/aromatic N) is 1. The first kappa shape index (κ1) is 19.6. The first-order valence-electron chi connectivity index (χ1n) is 7.75. The number of nitrogens with one attached hydrogen (secondary N) is 1. The van der Waals surface area contributed by atoms with Crippen LogP contribution in [-0.4, -0.2) is 35.5 Å². The largest absolute Gasteiger partial charge is 0.496 e. The van der Waals surface area contributed by atoms with Gasteiger partial charge in [-0.25, -0.2) is 0 Å². The zero-order valence-electron chi connectivity index (χ0n) is 15.4. The Labute approximate surface area is 153 Å². The molecule has 0 bridgehead atoms. The quantitative estimate of drug-likeness (QED) is 0.591. The van der Waals surface area contributed by atoms with Crippen molar-refractivity contribution in [2.24, 2.45) is 5.10 Å². The summed E-state index contributed by atoms with van der Waals surface area (Å²) in [4.78, 5) is 2.37. The van der Waals surface area contributed by atoms with E-state index in [0.29, 0.717) is 28.5 Å². The van der Waals surface area contributed by atoms with Crippen molar-refractivity contribution >= 4 is 15.7 Å². The maximum Gasteiger partial charge on any atom is 0.276 e. The van der Waals surface area contributed by atoms with E-state index in [1.165, 1.54) is 33.5 Å². The zero-order valence-corrected chi connectivity index (χ0v) is 16.2. The van der Waals surface area contributed by atoms with Gasteiger partial charge in [0.15, 0.2) is 0 Å². The summed E-state index contributed by atoms with van der Waals surface area (Å²) in [7, 11) is 0.759. The molecule has 26 heavy (non-hydrogen) atoms. The second kappa shape index (κ2) is 8.09. The predicted octanol–water partition coefficient (Wildman–Crippen LogP) is 2.72. The number of sulfonamides is 1. The van der Waals surface area contributed by atoms with Crippen molar-refractivity contribution in [3.63, 3.8) is 0 Å². The lowest BCUT2D eigenvalue weighted by molar-refractivity contribution is 0.374. The summed E-state index contributed by atoms with van der Waals surface area (Å²) in [5, 5.41) is 4.02. The van der Waals surface area contributed by atoms with E-state index in [1.54, 1.807) is 31.2 Å². The molecule has 8 heteroatoms. The van der Waals surface area contributed by atoms with Gasteiger partial charge in [-0.1, -0.05) is 17.7 Å². The van der Waals surface area contributed by atoms with Crippen LogP contribution in [0.2, 0.25) is 0 Å². The van der Waals surface area contributed by atoms with Crippen molar-refractivity contribution in [1.29, 1.82) is 0 Å². The van der Waals surface area contributed by atoms with Crippen LogP contribution in [0.4, 0.5) is 0 Å². The smallest absolute Gasteiger partial charge is 0.276 e. The summed E-state index contributed by atoms with van der Waals surface area (Å²) >= 11 is 0. The van der Waals surface area contributed by atoms with E-state index in [9.17, 15) is 8.42 Å². The van der Waals surface area contributed by atoms with E-state index >= 15 is 0 Å². The lowest BCUT2D eigenvalue weighted by atomic mass is 10.1. The molecule has 0 saturated carbocycles. The van der Waals surface area contributed by atoms with Crippen LogP contribution >= 0.6 is 0 Å². The number of hydrogen-bond donors (Lipinski definition) is 1. The topological polar surface area (TPSA) is 86.2 Å². The molecule has 0 spiro atoms. The fourth-order valence-electron chi connectivity index (χ4n) is 2.32. The van der Waals surface area contributed by atoms with Crippen LogP contribution in [-0.2, 0) is 10.0 Å². The molecule has 0 radical (unpaired) electrons. The van der Waals surface area contributed by atoms with Crippen molar-refractivity contribution in [1.82, 2.24) is 4.83 Å². The van der Waals surface area contributed by atoms with Crippen LogP contribution in [0.25, 0.3) is 0 Å². The van der Waals surface area contributed by atoms with Crippen molar-refractivity contribution in [3.8, 4) is 17.2 Å². The average Bonchev–Trinajstić information content (AvgIpc) is 2.65. The van der Waals surface area contributed by atoms with Crippen molar-refractivity contribution < 1.29 is 22.6 Å². The second-order valence-electron chi connectivity index (χ2n) is 5.51. The lowest BCUT2D eigenvalue weighted by Gasteiger charge is -2.15. The first-order valence-corrected chi connectivity index (χ1v) is 9.24. The molecule has 2 aromatic carbocycles. The highest BCUT2D eigenvalue weighted by Gasteiger charge is 2.18. The normalized spacial score (nSPS) is 11.8. The fraction of sp³-hybridized carbons (Fsp3) is 0.278. The van der Waals surface area contributed by atoms with E-state index in [4.69, 9.17) is 14.2 Å². The summed E-state index contributed by atoms with van der Waals surface area (Å²) in [6, 6.07) is 9.84. The Morgan fingerprint density at radius 2 is 1.50 bits per heavy atom. The number of rotatable bonds is 7. The summed E-state index contributed by atoms with van der Waals surface area (Å²) in [5.74, 6) is 1.46. The SMILES string of the molecule is COc1cc(OC)c(/C(C)=N/NS(=O)(=O)c2ccc(C)cc2)c(OC)c1. The van der Waals surface area contributed by atoms with Crippen molar-refractivity contribution in [2.75, 3.05) is 21.3 Å². The van der Waals surface area contributed by atoms with Crippen LogP contribution in [0.15, 0.2) is 46.4 Å². The van der Waals surface area contributed by atoms with Gasteiger partial charge in [0, 0.05) is 12.1 Å². The molecule has 0 aromatic heterocycles. The highest BCUT2D eigenvalue weighted by Crippen LogP contribution is 2.34. The molecule has 7 nitrogen and oxygen atoms in total. The van der Waals surface area contributed by atoms with Gasteiger partial charge in [-0.05, 0) is 26.0 Å². The van der Waals surface area contributed by atoms with Crippen LogP contribution < -0.4 is 19.0 Å². The number of methoxy groups -OCH3 is 3. The van der Waals surface area contributed by atoms with E-state index in [1.807, 2.05) is 6.92 Å². The number of ether oxygens (including phenoxy) is 3. The monoisotopic (exact) mass is 378 g/mol. The minimum absolute atomic E-state index is 0.133. The van der Waals surface area contributed by atoms with E-state index in [-0.39, 0.29) is 4.90 Å². The molecule has 0 aliphatic heterocycles. The molecular weight excluding hydrogens is 356 g/mol. The van der Waals surface area contributed by atoms with Crippen molar-refractivity contribution in [2.45, 2.75) is 18.7 Å². The Morgan fingerprint density at radius 3 is 1.96 bits per heavy atom. The first-order chi connectivity index (χ1) is 12.3. The highest BCUT2D eigenvalue weighted by molar-refractivity contribution is 7.89. The number of benzene rings is 2. The minimum Gasteiger partial charge on any atom is -0.496 e. The number of hydrogen-bond acceptors (Lipinski definition) is 6. The maximum absolute atomic E-state index is 12.4. The third kappa shape index (κ3) is 4.26. The zero-order chi connectivity index (χ0) is 19.3. The third-order valence-corrected chi connectivity index (χ3v) is 4.97. The molecular formula is C18H22N2O5S. The molecule has 1 N–H and O–H groups in total. The molecule has 140 valence electrons. The fourth-order valence-corrected chi connectivity index (χ4v) is 3.17. The molecule has 0 fully saturated rings. The Hall–Kier alpha value is -2.74. The van der Waals surface area contributed by atoms with Crippen LogP contribution in [0.5, 0.6) is 17.2 Å². The molecule has 0 unspecified atom stereocenters. The van der Waals surface area contributed by atoms with Crippen LogP contribution in [0.1, 0.15) is 18.1 Å². The predicted molar refractivity (Wildman–Crippen MR) is 99.8 cm³/mol. The molecule has 0 heterocycles. The van der Waals surface area contributed by atoms with Gasteiger partial charge >= 0.3 is 0 Å². The van der Waals surface area contributed by atoms with Gasteiger partial charge in [0.2, 0.25) is 0 Å². The van der Waals surface area contributed by atoms with Gasteiger partial charge in [-0.2, -0.15) is 18.4 Å². The maximum atomic E-state index is 12.4. The second-order valence-corrected chi connectivity index (χ2v) is 7.17. The van der Waals surface area contributed by atoms with Crippen LogP contribution in [0, 0.1) is 6.92 Å². The van der Waals surface area contributed by atoms with Crippen LogP contribution in [0.3, 0.4) is 0 Å². The van der Waals surface area contributed by atoms with Gasteiger partial charge in [0.05, 0.1) is 37.5 Å². The van der Waals surface area contributed by atoms with Gasteiger partial charge in [-0.15, -0.1) is 0 Å². The lowest BCUT2D eigenvalue weighted by Crippen LogP contribution is -2.20. The standard InChI is InChI=1S/C18H22N2O5S/c1-12-6-8-15(9-7-12)26(21,22)20-19-13(2)18-16(24-4)10-14(23-3)11-17(18)25-5/h6-11,20H,1-5H3/b19-13+. The third-order valence-electron chi connectivity index (χ3n) is 3.74. The Morgan fingerprint density at radius 1 is 0.962 bits per heavy atom. The van der Waals surface area contributed by atoms with E-state index in [0.717, 1.165) is 5.56 Å². The Kier molecular flexibility index (Phi) is 6.10. The van der Waals surface area contributed by atoms with Gasteiger partial charge in [-0.3, -0.25) is 0 Å². The van der Waals surface area contributed by atoms with Gasteiger partial charge in [0.1, 0.15) is 17.2 Å². The summed E-state index contributed by atoms with van der Waals surface area (Å²) in [5.41, 5.74) is 1.88. The molecule has 0 amide bonds. The summed E-state index contributed by atoms with van der Waals surface area (Å²) < 4.78 is 40.7. The molecule has 0 saturated heterocycles. The molecule has 0 aliphatic carbocycles. The van der Waals surface area contributed by atoms with E-state index in [2.05, 4.69) is 9.93 Å². The van der Waals surface area contributed by atoms with E-state index < -0.39 is 10.0 Å². The molecule has 0 atom stereocenters. The number of aryl methyl sites for hydroxylation is 1. The molecule has 0 aliphatic rings. The highest BCUT2D eigenvalue weighted by atomic mass is 32.2. The summed E-state index contributed by atoms with van der Waals surface area (Å²) in [6.07, 6.45) is 0.